The van der Waals surface area contributed by atoms with E-state index in [0.29, 0.717) is 12.5 Å². The van der Waals surface area contributed by atoms with Crippen LogP contribution in [0.15, 0.2) is 36.4 Å². The maximum Gasteiger partial charge on any atom is 0.137 e. The zero-order valence-electron chi connectivity index (χ0n) is 22.3. The fraction of sp³-hybridized carbons (Fsp3) is 0.567. The second-order valence-corrected chi connectivity index (χ2v) is 11.6. The summed E-state index contributed by atoms with van der Waals surface area (Å²) in [7, 11) is 0. The van der Waals surface area contributed by atoms with E-state index in [9.17, 15) is 9.90 Å². The van der Waals surface area contributed by atoms with Crippen LogP contribution in [0.2, 0.25) is 0 Å². The number of carbonyl (C=O) groups excluding carboxylic acids is 1. The molecule has 1 amide bonds. The van der Waals surface area contributed by atoms with Crippen molar-refractivity contribution in [2.75, 3.05) is 26.2 Å². The molecular weight excluding hydrogens is 452 g/mol. The van der Waals surface area contributed by atoms with Crippen LogP contribution >= 0.6 is 0 Å². The van der Waals surface area contributed by atoms with Crippen molar-refractivity contribution >= 4 is 6.09 Å². The van der Waals surface area contributed by atoms with E-state index in [4.69, 9.17) is 9.47 Å². The number of amides is 1. The first-order chi connectivity index (χ1) is 17.2. The first kappa shape index (κ1) is 24.9. The Kier molecular flexibility index (Phi) is 6.67. The summed E-state index contributed by atoms with van der Waals surface area (Å²) in [4.78, 5) is 16.8. The summed E-state index contributed by atoms with van der Waals surface area (Å²) >= 11 is 0. The topological polar surface area (TPSA) is 65.1 Å². The third-order valence-electron chi connectivity index (χ3n) is 8.23. The molecule has 0 unspecified atom stereocenters. The molecule has 6 rings (SSSR count). The van der Waals surface area contributed by atoms with E-state index < -0.39 is 6.09 Å². The Morgan fingerprint density at radius 3 is 2.42 bits per heavy atom. The molecule has 3 aliphatic heterocycles. The fourth-order valence-electron chi connectivity index (χ4n) is 6.75. The number of ether oxygens (including phenoxy) is 2. The summed E-state index contributed by atoms with van der Waals surface area (Å²) in [6.45, 7) is 13.9. The molecule has 0 N–H and O–H groups in total. The summed E-state index contributed by atoms with van der Waals surface area (Å²) in [6, 6.07) is 12.2. The maximum atomic E-state index is 12.7. The number of benzene rings is 2. The van der Waals surface area contributed by atoms with E-state index in [-0.39, 0.29) is 23.6 Å². The lowest BCUT2D eigenvalue weighted by Crippen LogP contribution is -2.62. The van der Waals surface area contributed by atoms with Gasteiger partial charge in [-0.3, -0.25) is 0 Å². The van der Waals surface area contributed by atoms with Gasteiger partial charge in [-0.15, -0.1) is 0 Å². The Balaban J connectivity index is 1.55. The molecule has 3 saturated heterocycles. The number of carbonyl (C=O) groups is 1. The number of hydrogen-bond donors (Lipinski definition) is 0. The van der Waals surface area contributed by atoms with Crippen molar-refractivity contribution in [1.29, 1.82) is 0 Å². The van der Waals surface area contributed by atoms with Gasteiger partial charge >= 0.3 is 0 Å². The highest BCUT2D eigenvalue weighted by atomic mass is 16.5. The van der Waals surface area contributed by atoms with Gasteiger partial charge in [0.15, 0.2) is 0 Å². The summed E-state index contributed by atoms with van der Waals surface area (Å²) < 4.78 is 12.0. The van der Waals surface area contributed by atoms with Crippen LogP contribution < -0.4 is 14.6 Å². The third kappa shape index (κ3) is 4.56. The maximum absolute atomic E-state index is 12.7. The average Bonchev–Trinajstić information content (AvgIpc) is 3.09. The standard InChI is InChI=1S/C30H40N2O4/c1-6-35-27-16-25-22(15-24(27)20-7-9-23(10-8-20)36-19(2)3)17-30(4,5)28(25)32(29(33)34)26-18-31-13-11-21(26)12-14-31/h7-10,15-16,19,21,26,28H,6,11-14,17-18H2,1-5H3,(H,33,34)/p-1/t26-,28+/m1/s1. The molecule has 36 heavy (non-hydrogen) atoms. The lowest BCUT2D eigenvalue weighted by molar-refractivity contribution is -0.276. The van der Waals surface area contributed by atoms with Crippen molar-refractivity contribution < 1.29 is 19.4 Å². The molecule has 0 saturated carbocycles. The van der Waals surface area contributed by atoms with Crippen LogP contribution in [-0.4, -0.2) is 54.3 Å². The zero-order valence-corrected chi connectivity index (χ0v) is 22.3. The molecule has 2 aromatic carbocycles. The number of nitrogens with zero attached hydrogens (tertiary/aromatic N) is 2. The molecule has 0 radical (unpaired) electrons. The Hall–Kier alpha value is -2.73. The van der Waals surface area contributed by atoms with E-state index in [1.165, 1.54) is 5.56 Å². The Labute approximate surface area is 215 Å². The molecule has 6 nitrogen and oxygen atoms in total. The van der Waals surface area contributed by atoms with E-state index in [1.54, 1.807) is 4.90 Å². The van der Waals surface area contributed by atoms with Gasteiger partial charge in [0, 0.05) is 18.2 Å². The van der Waals surface area contributed by atoms with E-state index in [2.05, 4.69) is 43.0 Å². The average molecular weight is 492 g/mol. The molecule has 1 aliphatic carbocycles. The minimum Gasteiger partial charge on any atom is -0.530 e. The Bertz CT molecular complexity index is 1100. The Morgan fingerprint density at radius 1 is 1.17 bits per heavy atom. The first-order valence-corrected chi connectivity index (χ1v) is 13.5. The molecule has 0 spiro atoms. The van der Waals surface area contributed by atoms with Crippen molar-refractivity contribution in [2.45, 2.75) is 72.1 Å². The zero-order chi connectivity index (χ0) is 25.6. The molecule has 3 heterocycles. The number of piperidine rings is 3. The summed E-state index contributed by atoms with van der Waals surface area (Å²) in [6.07, 6.45) is 2.01. The SMILES string of the molecule is CCOc1cc2c(cc1-c1ccc(OC(C)C)cc1)CC(C)(C)[C@H]2N(C(=O)[O-])[C@@H]1CN2CCC1CC2. The summed E-state index contributed by atoms with van der Waals surface area (Å²) in [5.74, 6) is 2.05. The van der Waals surface area contributed by atoms with E-state index >= 15 is 0 Å². The van der Waals surface area contributed by atoms with Crippen LogP contribution in [0.4, 0.5) is 4.79 Å². The van der Waals surface area contributed by atoms with Gasteiger partial charge in [0.1, 0.15) is 17.6 Å². The van der Waals surface area contributed by atoms with Gasteiger partial charge in [-0.2, -0.15) is 0 Å². The van der Waals surface area contributed by atoms with Gasteiger partial charge in [0.25, 0.3) is 0 Å². The van der Waals surface area contributed by atoms with Crippen molar-refractivity contribution in [3.63, 3.8) is 0 Å². The minimum absolute atomic E-state index is 0.0172. The van der Waals surface area contributed by atoms with Gasteiger partial charge in [0.2, 0.25) is 0 Å². The Morgan fingerprint density at radius 2 is 1.86 bits per heavy atom. The van der Waals surface area contributed by atoms with Crippen molar-refractivity contribution in [3.05, 3.63) is 47.5 Å². The van der Waals surface area contributed by atoms with E-state index in [0.717, 1.165) is 67.1 Å². The molecule has 3 fully saturated rings. The van der Waals surface area contributed by atoms with Crippen molar-refractivity contribution in [3.8, 4) is 22.6 Å². The lowest BCUT2D eigenvalue weighted by atomic mass is 9.79. The molecule has 194 valence electrons. The largest absolute Gasteiger partial charge is 0.530 e. The molecule has 2 bridgehead atoms. The molecule has 2 atom stereocenters. The first-order valence-electron chi connectivity index (χ1n) is 13.5. The number of fused-ring (bicyclic) bond motifs is 4. The number of hydrogen-bond acceptors (Lipinski definition) is 5. The molecule has 0 aromatic heterocycles. The number of rotatable bonds is 7. The number of carboxylic acid groups (broad SMARTS) is 1. The summed E-state index contributed by atoms with van der Waals surface area (Å²) in [5, 5.41) is 12.7. The highest BCUT2D eigenvalue weighted by Crippen LogP contribution is 2.53. The van der Waals surface area contributed by atoms with Crippen LogP contribution in [0.3, 0.4) is 0 Å². The molecule has 6 heteroatoms. The monoisotopic (exact) mass is 491 g/mol. The smallest absolute Gasteiger partial charge is 0.137 e. The summed E-state index contributed by atoms with van der Waals surface area (Å²) in [5.41, 5.74) is 4.11. The predicted molar refractivity (Wildman–Crippen MR) is 139 cm³/mol. The van der Waals surface area contributed by atoms with E-state index in [1.807, 2.05) is 32.9 Å². The van der Waals surface area contributed by atoms with Gasteiger partial charge in [-0.25, -0.2) is 0 Å². The second kappa shape index (κ2) is 9.62. The molecule has 2 aromatic rings. The fourth-order valence-corrected chi connectivity index (χ4v) is 6.75. The van der Waals surface area contributed by atoms with Gasteiger partial charge in [0.05, 0.1) is 18.8 Å². The highest BCUT2D eigenvalue weighted by Gasteiger charge is 2.48. The van der Waals surface area contributed by atoms with Crippen LogP contribution in [-0.2, 0) is 6.42 Å². The van der Waals surface area contributed by atoms with Crippen LogP contribution in [0.5, 0.6) is 11.5 Å². The normalized spacial score (nSPS) is 26.1. The van der Waals surface area contributed by atoms with Crippen LogP contribution in [0, 0.1) is 11.3 Å². The minimum atomic E-state index is -1.05. The molecular formula is C30H39N2O4-. The van der Waals surface area contributed by atoms with Gasteiger partial charge < -0.3 is 29.2 Å². The van der Waals surface area contributed by atoms with Crippen molar-refractivity contribution in [2.24, 2.45) is 11.3 Å². The van der Waals surface area contributed by atoms with Crippen LogP contribution in [0.25, 0.3) is 11.1 Å². The highest BCUT2D eigenvalue weighted by molar-refractivity contribution is 5.74. The lowest BCUT2D eigenvalue weighted by Gasteiger charge is -2.53. The third-order valence-corrected chi connectivity index (χ3v) is 8.23. The van der Waals surface area contributed by atoms with Crippen molar-refractivity contribution in [1.82, 2.24) is 9.80 Å². The molecule has 4 aliphatic rings. The van der Waals surface area contributed by atoms with Crippen LogP contribution in [0.1, 0.15) is 64.6 Å². The van der Waals surface area contributed by atoms with Gasteiger partial charge in [-0.05, 0) is 105 Å². The second-order valence-electron chi connectivity index (χ2n) is 11.6. The predicted octanol–water partition coefficient (Wildman–Crippen LogP) is 4.90. The van der Waals surface area contributed by atoms with Gasteiger partial charge in [-0.1, -0.05) is 26.0 Å². The quantitative estimate of drug-likeness (QED) is 0.551.